The lowest BCUT2D eigenvalue weighted by atomic mass is 10.1. The Morgan fingerprint density at radius 2 is 1.60 bits per heavy atom. The summed E-state index contributed by atoms with van der Waals surface area (Å²) in [4.78, 5) is 28.2. The molecule has 2 N–H and O–H groups in total. The van der Waals surface area contributed by atoms with Crippen molar-refractivity contribution in [3.63, 3.8) is 0 Å². The van der Waals surface area contributed by atoms with Crippen LogP contribution in [0.3, 0.4) is 0 Å². The zero-order chi connectivity index (χ0) is 21.9. The van der Waals surface area contributed by atoms with E-state index in [0.29, 0.717) is 32.6 Å². The lowest BCUT2D eigenvalue weighted by molar-refractivity contribution is -0.132. The van der Waals surface area contributed by atoms with E-state index in [-0.39, 0.29) is 27.8 Å². The van der Waals surface area contributed by atoms with Crippen molar-refractivity contribution in [1.29, 1.82) is 0 Å². The Bertz CT molecular complexity index is 1050. The molecule has 0 unspecified atom stereocenters. The summed E-state index contributed by atoms with van der Waals surface area (Å²) >= 11 is 5.85. The van der Waals surface area contributed by atoms with Crippen LogP contribution < -0.4 is 5.14 Å². The van der Waals surface area contributed by atoms with Crippen LogP contribution in [-0.4, -0.2) is 56.2 Å². The Morgan fingerprint density at radius 3 is 2.20 bits per heavy atom. The molecule has 1 aliphatic heterocycles. The van der Waals surface area contributed by atoms with Gasteiger partial charge < -0.3 is 9.80 Å². The Morgan fingerprint density at radius 1 is 1.00 bits per heavy atom. The predicted molar refractivity (Wildman–Crippen MR) is 110 cm³/mol. The minimum absolute atomic E-state index is 0.0227. The third-order valence-corrected chi connectivity index (χ3v) is 6.12. The molecular weight excluding hydrogens is 433 g/mol. The fraction of sp³-hybridized carbons (Fsp3) is 0.300. The average molecular weight is 454 g/mol. The van der Waals surface area contributed by atoms with Crippen LogP contribution in [-0.2, 0) is 21.2 Å². The first-order valence-electron chi connectivity index (χ1n) is 9.29. The molecule has 0 aliphatic carbocycles. The van der Waals surface area contributed by atoms with Gasteiger partial charge in [0, 0.05) is 37.6 Å². The van der Waals surface area contributed by atoms with Crippen molar-refractivity contribution < 1.29 is 22.4 Å². The number of benzene rings is 2. The summed E-state index contributed by atoms with van der Waals surface area (Å²) in [6.07, 6.45) is 0.711. The van der Waals surface area contributed by atoms with E-state index in [1.807, 2.05) is 0 Å². The van der Waals surface area contributed by atoms with Crippen molar-refractivity contribution in [2.24, 2.45) is 5.14 Å². The molecule has 2 aromatic rings. The van der Waals surface area contributed by atoms with Gasteiger partial charge in [-0.05, 0) is 42.3 Å². The molecule has 1 heterocycles. The smallest absolute Gasteiger partial charge is 0.257 e. The first kappa shape index (κ1) is 22.2. The van der Waals surface area contributed by atoms with Gasteiger partial charge in [0.15, 0.2) is 0 Å². The van der Waals surface area contributed by atoms with Gasteiger partial charge in [0.25, 0.3) is 5.91 Å². The first-order chi connectivity index (χ1) is 14.1. The summed E-state index contributed by atoms with van der Waals surface area (Å²) < 4.78 is 36.5. The van der Waals surface area contributed by atoms with E-state index in [2.05, 4.69) is 0 Å². The fourth-order valence-electron chi connectivity index (χ4n) is 3.25. The van der Waals surface area contributed by atoms with Gasteiger partial charge in [-0.1, -0.05) is 23.7 Å². The van der Waals surface area contributed by atoms with E-state index in [4.69, 9.17) is 16.7 Å². The van der Waals surface area contributed by atoms with Crippen LogP contribution in [0, 0.1) is 5.82 Å². The molecule has 2 amide bonds. The Labute approximate surface area is 179 Å². The molecule has 0 spiro atoms. The molecule has 1 saturated heterocycles. The van der Waals surface area contributed by atoms with Crippen molar-refractivity contribution in [2.75, 3.05) is 26.2 Å². The number of aryl methyl sites for hydroxylation is 1. The van der Waals surface area contributed by atoms with E-state index in [0.717, 1.165) is 11.6 Å². The zero-order valence-corrected chi connectivity index (χ0v) is 17.6. The highest BCUT2D eigenvalue weighted by atomic mass is 35.5. The van der Waals surface area contributed by atoms with Crippen molar-refractivity contribution in [3.05, 3.63) is 64.4 Å². The summed E-state index contributed by atoms with van der Waals surface area (Å²) in [6, 6.07) is 9.92. The number of piperazine rings is 1. The number of nitrogens with two attached hydrogens (primary N) is 1. The van der Waals surface area contributed by atoms with E-state index < -0.39 is 21.7 Å². The minimum Gasteiger partial charge on any atom is -0.339 e. The number of carbonyl (C=O) groups excluding carboxylic acids is 2. The maximum atomic E-state index is 13.9. The largest absolute Gasteiger partial charge is 0.339 e. The van der Waals surface area contributed by atoms with Gasteiger partial charge in [-0.3, -0.25) is 9.59 Å². The van der Waals surface area contributed by atoms with Crippen LogP contribution in [0.4, 0.5) is 4.39 Å². The van der Waals surface area contributed by atoms with Gasteiger partial charge in [-0.25, -0.2) is 17.9 Å². The van der Waals surface area contributed by atoms with Gasteiger partial charge in [-0.15, -0.1) is 0 Å². The summed E-state index contributed by atoms with van der Waals surface area (Å²) in [5.74, 6) is -1.14. The highest BCUT2D eigenvalue weighted by Gasteiger charge is 2.26. The Balaban J connectivity index is 1.51. The molecule has 2 aromatic carbocycles. The minimum atomic E-state index is -3.74. The quantitative estimate of drug-likeness (QED) is 0.748. The molecular formula is C20H21ClFN3O4S. The number of hydrogen-bond donors (Lipinski definition) is 1. The summed E-state index contributed by atoms with van der Waals surface area (Å²) in [6.45, 7) is 1.33. The second kappa shape index (κ2) is 9.11. The zero-order valence-electron chi connectivity index (χ0n) is 16.1. The molecule has 0 aromatic heterocycles. The lowest BCUT2D eigenvalue weighted by Crippen LogP contribution is -2.50. The first-order valence-corrected chi connectivity index (χ1v) is 11.2. The van der Waals surface area contributed by atoms with Crippen LogP contribution in [0.1, 0.15) is 22.3 Å². The number of halogens is 2. The standard InChI is InChI=1S/C20H21ClFN3O4S/c21-15-4-7-18(22)17(13-15)20(27)25-11-9-24(10-12-25)19(26)8-3-14-1-5-16(6-2-14)30(23,28)29/h1-2,4-7,13H,3,8-12H2,(H2,23,28,29). The van der Waals surface area contributed by atoms with Crippen LogP contribution in [0.15, 0.2) is 47.4 Å². The van der Waals surface area contributed by atoms with E-state index >= 15 is 0 Å². The number of nitrogens with zero attached hydrogens (tertiary/aromatic N) is 2. The molecule has 10 heteroatoms. The molecule has 1 fully saturated rings. The van der Waals surface area contributed by atoms with Gasteiger partial charge in [0.1, 0.15) is 5.82 Å². The predicted octanol–water partition coefficient (Wildman–Crippen LogP) is 2.04. The third-order valence-electron chi connectivity index (χ3n) is 4.96. The number of amides is 2. The van der Waals surface area contributed by atoms with Gasteiger partial charge >= 0.3 is 0 Å². The van der Waals surface area contributed by atoms with Crippen LogP contribution in [0.5, 0.6) is 0 Å². The van der Waals surface area contributed by atoms with Gasteiger partial charge in [-0.2, -0.15) is 0 Å². The molecule has 30 heavy (non-hydrogen) atoms. The van der Waals surface area contributed by atoms with Crippen LogP contribution in [0.2, 0.25) is 5.02 Å². The normalized spacial score (nSPS) is 14.6. The number of carbonyl (C=O) groups is 2. The highest BCUT2D eigenvalue weighted by Crippen LogP contribution is 2.18. The maximum Gasteiger partial charge on any atom is 0.257 e. The number of hydrogen-bond acceptors (Lipinski definition) is 4. The van der Waals surface area contributed by atoms with Crippen LogP contribution >= 0.6 is 11.6 Å². The molecule has 160 valence electrons. The Kier molecular flexibility index (Phi) is 6.74. The van der Waals surface area contributed by atoms with Crippen molar-refractivity contribution in [3.8, 4) is 0 Å². The number of rotatable bonds is 5. The van der Waals surface area contributed by atoms with Crippen molar-refractivity contribution >= 4 is 33.4 Å². The molecule has 0 bridgehead atoms. The number of sulfonamides is 1. The second-order valence-electron chi connectivity index (χ2n) is 6.99. The average Bonchev–Trinajstić information content (AvgIpc) is 2.73. The summed E-state index contributed by atoms with van der Waals surface area (Å²) in [7, 11) is -3.74. The molecule has 0 atom stereocenters. The van der Waals surface area contributed by atoms with Crippen molar-refractivity contribution in [2.45, 2.75) is 17.7 Å². The number of primary sulfonamides is 1. The maximum absolute atomic E-state index is 13.9. The Hall–Kier alpha value is -2.49. The van der Waals surface area contributed by atoms with E-state index in [1.165, 1.54) is 29.2 Å². The molecule has 7 nitrogen and oxygen atoms in total. The van der Waals surface area contributed by atoms with Crippen molar-refractivity contribution in [1.82, 2.24) is 9.80 Å². The lowest BCUT2D eigenvalue weighted by Gasteiger charge is -2.35. The van der Waals surface area contributed by atoms with Gasteiger partial charge in [0.2, 0.25) is 15.9 Å². The molecule has 0 radical (unpaired) electrons. The SMILES string of the molecule is NS(=O)(=O)c1ccc(CCC(=O)N2CCN(C(=O)c3cc(Cl)ccc3F)CC2)cc1. The monoisotopic (exact) mass is 453 g/mol. The summed E-state index contributed by atoms with van der Waals surface area (Å²) in [5, 5.41) is 5.35. The van der Waals surface area contributed by atoms with E-state index in [9.17, 15) is 22.4 Å². The third kappa shape index (κ3) is 5.35. The second-order valence-corrected chi connectivity index (χ2v) is 8.98. The molecule has 1 aliphatic rings. The fourth-order valence-corrected chi connectivity index (χ4v) is 3.93. The van der Waals surface area contributed by atoms with Gasteiger partial charge in [0.05, 0.1) is 10.5 Å². The molecule has 3 rings (SSSR count). The summed E-state index contributed by atoms with van der Waals surface area (Å²) in [5.41, 5.74) is 0.742. The topological polar surface area (TPSA) is 101 Å². The molecule has 0 saturated carbocycles. The highest BCUT2D eigenvalue weighted by molar-refractivity contribution is 7.89. The van der Waals surface area contributed by atoms with E-state index in [1.54, 1.807) is 17.0 Å². The van der Waals surface area contributed by atoms with Crippen LogP contribution in [0.25, 0.3) is 0 Å².